The van der Waals surface area contributed by atoms with Crippen LogP contribution in [0.15, 0.2) is 0 Å². The average Bonchev–Trinajstić information content (AvgIpc) is 2.50. The third-order valence-electron chi connectivity index (χ3n) is 2.38. The lowest BCUT2D eigenvalue weighted by Crippen LogP contribution is -2.23. The molecule has 0 heterocycles. The molecule has 1 saturated carbocycles. The normalized spacial score (nSPS) is 30.4. The van der Waals surface area contributed by atoms with Crippen molar-refractivity contribution in [2.45, 2.75) is 25.3 Å². The minimum atomic E-state index is -0.0530. The molecule has 3 nitrogen and oxygen atoms in total. The van der Waals surface area contributed by atoms with Gasteiger partial charge >= 0.3 is 5.97 Å². The number of ether oxygens (including phenoxy) is 1. The molecule has 11 heavy (non-hydrogen) atoms. The highest BCUT2D eigenvalue weighted by molar-refractivity contribution is 5.72. The third-order valence-corrected chi connectivity index (χ3v) is 2.38. The van der Waals surface area contributed by atoms with E-state index in [-0.39, 0.29) is 11.9 Å². The fourth-order valence-corrected chi connectivity index (χ4v) is 1.62. The van der Waals surface area contributed by atoms with Crippen LogP contribution in [0, 0.1) is 5.92 Å². The van der Waals surface area contributed by atoms with Crippen LogP contribution >= 0.6 is 0 Å². The van der Waals surface area contributed by atoms with E-state index in [4.69, 9.17) is 0 Å². The maximum atomic E-state index is 11.0. The summed E-state index contributed by atoms with van der Waals surface area (Å²) >= 11 is 0. The van der Waals surface area contributed by atoms with Crippen molar-refractivity contribution in [1.82, 2.24) is 5.32 Å². The van der Waals surface area contributed by atoms with Gasteiger partial charge in [-0.3, -0.25) is 4.79 Å². The van der Waals surface area contributed by atoms with Crippen LogP contribution in [0.3, 0.4) is 0 Å². The van der Waals surface area contributed by atoms with E-state index in [1.807, 2.05) is 7.05 Å². The van der Waals surface area contributed by atoms with Crippen molar-refractivity contribution in [2.75, 3.05) is 14.2 Å². The van der Waals surface area contributed by atoms with E-state index in [1.54, 1.807) is 0 Å². The summed E-state index contributed by atoms with van der Waals surface area (Å²) in [5.74, 6) is 0.0835. The first-order chi connectivity index (χ1) is 5.27. The zero-order valence-electron chi connectivity index (χ0n) is 7.09. The standard InChI is InChI=1S/C8H15NO2/c1-9-7-4-3-6(5-7)8(10)11-2/h6-7,9H,3-5H2,1-2H3. The summed E-state index contributed by atoms with van der Waals surface area (Å²) in [6, 6.07) is 0.513. The highest BCUT2D eigenvalue weighted by Gasteiger charge is 2.29. The molecule has 0 bridgehead atoms. The Morgan fingerprint density at radius 2 is 2.27 bits per heavy atom. The molecular formula is C8H15NO2. The zero-order valence-corrected chi connectivity index (χ0v) is 7.09. The molecule has 0 saturated heterocycles. The first-order valence-corrected chi connectivity index (χ1v) is 4.03. The van der Waals surface area contributed by atoms with Crippen LogP contribution in [-0.4, -0.2) is 26.2 Å². The number of methoxy groups -OCH3 is 1. The van der Waals surface area contributed by atoms with E-state index < -0.39 is 0 Å². The van der Waals surface area contributed by atoms with Crippen molar-refractivity contribution >= 4 is 5.97 Å². The molecule has 1 fully saturated rings. The highest BCUT2D eigenvalue weighted by Crippen LogP contribution is 2.25. The molecule has 2 atom stereocenters. The lowest BCUT2D eigenvalue weighted by molar-refractivity contribution is -0.145. The summed E-state index contributed by atoms with van der Waals surface area (Å²) in [7, 11) is 3.39. The van der Waals surface area contributed by atoms with Crippen LogP contribution in [-0.2, 0) is 9.53 Å². The van der Waals surface area contributed by atoms with Crippen molar-refractivity contribution < 1.29 is 9.53 Å². The van der Waals surface area contributed by atoms with Gasteiger partial charge in [-0.25, -0.2) is 0 Å². The lowest BCUT2D eigenvalue weighted by Gasteiger charge is -2.07. The number of nitrogens with one attached hydrogen (secondary N) is 1. The topological polar surface area (TPSA) is 38.3 Å². The highest BCUT2D eigenvalue weighted by atomic mass is 16.5. The zero-order chi connectivity index (χ0) is 8.27. The predicted molar refractivity (Wildman–Crippen MR) is 42.2 cm³/mol. The average molecular weight is 157 g/mol. The molecule has 64 valence electrons. The van der Waals surface area contributed by atoms with Crippen LogP contribution in [0.1, 0.15) is 19.3 Å². The third kappa shape index (κ3) is 1.93. The fraction of sp³-hybridized carbons (Fsp3) is 0.875. The van der Waals surface area contributed by atoms with Gasteiger partial charge in [0.05, 0.1) is 13.0 Å². The molecule has 2 unspecified atom stereocenters. The Morgan fingerprint density at radius 1 is 1.55 bits per heavy atom. The number of carbonyl (C=O) groups is 1. The van der Waals surface area contributed by atoms with Gasteiger partial charge < -0.3 is 10.1 Å². The van der Waals surface area contributed by atoms with Crippen molar-refractivity contribution in [1.29, 1.82) is 0 Å². The molecule has 1 rings (SSSR count). The van der Waals surface area contributed by atoms with Crippen LogP contribution in [0.4, 0.5) is 0 Å². The van der Waals surface area contributed by atoms with Crippen molar-refractivity contribution in [3.63, 3.8) is 0 Å². The molecule has 0 aromatic carbocycles. The fourth-order valence-electron chi connectivity index (χ4n) is 1.62. The summed E-state index contributed by atoms with van der Waals surface area (Å²) in [6.45, 7) is 0. The Kier molecular flexibility index (Phi) is 2.88. The van der Waals surface area contributed by atoms with E-state index in [0.29, 0.717) is 6.04 Å². The largest absolute Gasteiger partial charge is 0.469 e. The first-order valence-electron chi connectivity index (χ1n) is 4.03. The van der Waals surface area contributed by atoms with Gasteiger partial charge in [0.2, 0.25) is 0 Å². The van der Waals surface area contributed by atoms with E-state index in [1.165, 1.54) is 7.11 Å². The Morgan fingerprint density at radius 3 is 2.73 bits per heavy atom. The number of esters is 1. The lowest BCUT2D eigenvalue weighted by atomic mass is 10.1. The van der Waals surface area contributed by atoms with Gasteiger partial charge in [0.1, 0.15) is 0 Å². The number of hydrogen-bond acceptors (Lipinski definition) is 3. The summed E-state index contributed by atoms with van der Waals surface area (Å²) in [6.07, 6.45) is 3.00. The first kappa shape index (κ1) is 8.53. The van der Waals surface area contributed by atoms with Gasteiger partial charge in [0.15, 0.2) is 0 Å². The van der Waals surface area contributed by atoms with Gasteiger partial charge in [-0.05, 0) is 26.3 Å². The molecule has 0 amide bonds. The van der Waals surface area contributed by atoms with E-state index in [0.717, 1.165) is 19.3 Å². The molecular weight excluding hydrogens is 142 g/mol. The monoisotopic (exact) mass is 157 g/mol. The molecule has 0 aromatic rings. The maximum Gasteiger partial charge on any atom is 0.308 e. The molecule has 3 heteroatoms. The van der Waals surface area contributed by atoms with Crippen LogP contribution < -0.4 is 5.32 Å². The maximum absolute atomic E-state index is 11.0. The molecule has 0 spiro atoms. The van der Waals surface area contributed by atoms with E-state index in [9.17, 15) is 4.79 Å². The van der Waals surface area contributed by atoms with E-state index >= 15 is 0 Å². The molecule has 1 aliphatic rings. The Bertz CT molecular complexity index is 147. The van der Waals surface area contributed by atoms with Gasteiger partial charge in [-0.2, -0.15) is 0 Å². The van der Waals surface area contributed by atoms with Crippen LogP contribution in [0.5, 0.6) is 0 Å². The minimum absolute atomic E-state index is 0.0530. The molecule has 1 N–H and O–H groups in total. The van der Waals surface area contributed by atoms with Crippen molar-refractivity contribution in [3.05, 3.63) is 0 Å². The summed E-state index contributed by atoms with van der Waals surface area (Å²) in [4.78, 5) is 11.0. The van der Waals surface area contributed by atoms with E-state index in [2.05, 4.69) is 10.1 Å². The number of hydrogen-bond donors (Lipinski definition) is 1. The van der Waals surface area contributed by atoms with Gasteiger partial charge in [0.25, 0.3) is 0 Å². The second-order valence-electron chi connectivity index (χ2n) is 3.02. The van der Waals surface area contributed by atoms with Gasteiger partial charge in [-0.15, -0.1) is 0 Å². The summed E-state index contributed by atoms with van der Waals surface area (Å²) < 4.78 is 4.66. The number of carbonyl (C=O) groups excluding carboxylic acids is 1. The van der Waals surface area contributed by atoms with Crippen LogP contribution in [0.25, 0.3) is 0 Å². The minimum Gasteiger partial charge on any atom is -0.469 e. The number of rotatable bonds is 2. The second-order valence-corrected chi connectivity index (χ2v) is 3.02. The molecule has 0 aromatic heterocycles. The van der Waals surface area contributed by atoms with Gasteiger partial charge in [-0.1, -0.05) is 0 Å². The molecule has 0 aliphatic heterocycles. The Hall–Kier alpha value is -0.570. The Balaban J connectivity index is 2.35. The quantitative estimate of drug-likeness (QED) is 0.595. The van der Waals surface area contributed by atoms with Crippen LogP contribution in [0.2, 0.25) is 0 Å². The Labute approximate surface area is 67.1 Å². The van der Waals surface area contributed by atoms with Crippen molar-refractivity contribution in [3.8, 4) is 0 Å². The molecule has 0 radical (unpaired) electrons. The summed E-state index contributed by atoms with van der Waals surface area (Å²) in [5, 5.41) is 3.17. The SMILES string of the molecule is CNC1CCC(C(=O)OC)C1. The summed E-state index contributed by atoms with van der Waals surface area (Å²) in [5.41, 5.74) is 0. The smallest absolute Gasteiger partial charge is 0.308 e. The van der Waals surface area contributed by atoms with Crippen molar-refractivity contribution in [2.24, 2.45) is 5.92 Å². The second kappa shape index (κ2) is 3.72. The molecule has 1 aliphatic carbocycles. The predicted octanol–water partition coefficient (Wildman–Crippen LogP) is 0.547. The van der Waals surface area contributed by atoms with Gasteiger partial charge in [0, 0.05) is 6.04 Å².